The van der Waals surface area contributed by atoms with Crippen LogP contribution in [0.3, 0.4) is 0 Å². The number of hydrogen-bond donors (Lipinski definition) is 1. The molecule has 2 heterocycles. The van der Waals surface area contributed by atoms with Crippen LogP contribution in [0.5, 0.6) is 0 Å². The fraction of sp³-hybridized carbons (Fsp3) is 0.143. The normalized spacial score (nSPS) is 11.2. The van der Waals surface area contributed by atoms with Crippen LogP contribution >= 0.6 is 23.1 Å². The van der Waals surface area contributed by atoms with Crippen LogP contribution in [0.25, 0.3) is 21.3 Å². The summed E-state index contributed by atoms with van der Waals surface area (Å²) in [5.41, 5.74) is 5.35. The van der Waals surface area contributed by atoms with E-state index >= 15 is 0 Å². The average Bonchev–Trinajstić information content (AvgIpc) is 3.10. The van der Waals surface area contributed by atoms with Gasteiger partial charge in [-0.2, -0.15) is 0 Å². The van der Waals surface area contributed by atoms with Crippen LogP contribution in [0.15, 0.2) is 63.9 Å². The van der Waals surface area contributed by atoms with Gasteiger partial charge in [-0.05, 0) is 30.5 Å². The predicted octanol–water partition coefficient (Wildman–Crippen LogP) is 4.75. The minimum absolute atomic E-state index is 0.205. The highest BCUT2D eigenvalue weighted by atomic mass is 32.2. The molecule has 2 aromatic heterocycles. The van der Waals surface area contributed by atoms with Crippen molar-refractivity contribution in [3.63, 3.8) is 0 Å². The summed E-state index contributed by atoms with van der Waals surface area (Å²) in [7, 11) is 0. The molecule has 0 fully saturated rings. The molecule has 0 bridgehead atoms. The van der Waals surface area contributed by atoms with Crippen molar-refractivity contribution >= 4 is 33.3 Å². The molecule has 0 unspecified atom stereocenters. The van der Waals surface area contributed by atoms with Gasteiger partial charge in [-0.1, -0.05) is 65.9 Å². The van der Waals surface area contributed by atoms with E-state index in [9.17, 15) is 4.79 Å². The van der Waals surface area contributed by atoms with Gasteiger partial charge in [0.2, 0.25) is 0 Å². The third kappa shape index (κ3) is 3.38. The maximum atomic E-state index is 12.9. The van der Waals surface area contributed by atoms with Gasteiger partial charge in [0.25, 0.3) is 5.56 Å². The fourth-order valence-electron chi connectivity index (χ4n) is 3.01. The van der Waals surface area contributed by atoms with Gasteiger partial charge in [0.05, 0.1) is 5.39 Å². The van der Waals surface area contributed by atoms with Crippen molar-refractivity contribution in [2.45, 2.75) is 24.8 Å². The Hall–Kier alpha value is -2.57. The van der Waals surface area contributed by atoms with Crippen LogP contribution in [-0.4, -0.2) is 9.66 Å². The first-order valence-electron chi connectivity index (χ1n) is 8.58. The highest BCUT2D eigenvalue weighted by Gasteiger charge is 2.16. The minimum Gasteiger partial charge on any atom is -0.334 e. The second-order valence-corrected chi connectivity index (χ2v) is 8.28. The Balaban J connectivity index is 1.72. The van der Waals surface area contributed by atoms with Crippen LogP contribution in [0.1, 0.15) is 16.7 Å². The molecule has 4 nitrogen and oxygen atoms in total. The van der Waals surface area contributed by atoms with E-state index < -0.39 is 0 Å². The molecule has 4 aromatic rings. The van der Waals surface area contributed by atoms with E-state index in [4.69, 9.17) is 5.84 Å². The number of nitrogen functional groups attached to an aromatic ring is 1. The van der Waals surface area contributed by atoms with Crippen LogP contribution in [0, 0.1) is 13.8 Å². The molecule has 0 aliphatic carbocycles. The van der Waals surface area contributed by atoms with Gasteiger partial charge in [-0.3, -0.25) is 4.79 Å². The van der Waals surface area contributed by atoms with Crippen molar-refractivity contribution < 1.29 is 0 Å². The number of benzene rings is 2. The number of fused-ring (bicyclic) bond motifs is 1. The van der Waals surface area contributed by atoms with Crippen molar-refractivity contribution in [1.29, 1.82) is 0 Å². The van der Waals surface area contributed by atoms with Gasteiger partial charge >= 0.3 is 0 Å². The molecular weight excluding hydrogens is 374 g/mol. The van der Waals surface area contributed by atoms with Gasteiger partial charge in [0.1, 0.15) is 4.83 Å². The standard InChI is InChI=1S/C21H19N3OS2/c1-13-8-9-14(2)16(10-13)11-27-21-23-19-18(20(25)24(21)22)17(12-26-19)15-6-4-3-5-7-15/h3-10,12H,11,22H2,1-2H3. The first-order valence-corrected chi connectivity index (χ1v) is 10.4. The lowest BCUT2D eigenvalue weighted by molar-refractivity contribution is 0.782. The third-order valence-electron chi connectivity index (χ3n) is 4.55. The average molecular weight is 394 g/mol. The molecule has 0 saturated carbocycles. The Kier molecular flexibility index (Phi) is 4.76. The minimum atomic E-state index is -0.205. The Morgan fingerprint density at radius 3 is 2.70 bits per heavy atom. The monoisotopic (exact) mass is 393 g/mol. The summed E-state index contributed by atoms with van der Waals surface area (Å²) >= 11 is 2.97. The molecule has 0 aliphatic rings. The predicted molar refractivity (Wildman–Crippen MR) is 115 cm³/mol. The molecule has 0 aliphatic heterocycles. The summed E-state index contributed by atoms with van der Waals surface area (Å²) in [5.74, 6) is 6.83. The van der Waals surface area contributed by atoms with E-state index in [1.165, 1.54) is 44.5 Å². The SMILES string of the molecule is Cc1ccc(C)c(CSc2nc3scc(-c4ccccc4)c3c(=O)n2N)c1. The Labute approximate surface area is 165 Å². The van der Waals surface area contributed by atoms with Crippen LogP contribution in [0.2, 0.25) is 0 Å². The number of nitrogens with zero attached hydrogens (tertiary/aromatic N) is 2. The van der Waals surface area contributed by atoms with Gasteiger partial charge in [-0.25, -0.2) is 9.66 Å². The van der Waals surface area contributed by atoms with Crippen LogP contribution in [0.4, 0.5) is 0 Å². The summed E-state index contributed by atoms with van der Waals surface area (Å²) in [4.78, 5) is 18.3. The molecule has 2 aromatic carbocycles. The van der Waals surface area contributed by atoms with E-state index in [2.05, 4.69) is 37.0 Å². The van der Waals surface area contributed by atoms with Gasteiger partial charge in [0, 0.05) is 16.7 Å². The van der Waals surface area contributed by atoms with E-state index in [1.807, 2.05) is 35.7 Å². The summed E-state index contributed by atoms with van der Waals surface area (Å²) in [6.45, 7) is 4.17. The fourth-order valence-corrected chi connectivity index (χ4v) is 4.98. The van der Waals surface area contributed by atoms with Crippen LogP contribution < -0.4 is 11.4 Å². The molecule has 2 N–H and O–H groups in total. The summed E-state index contributed by atoms with van der Waals surface area (Å²) < 4.78 is 1.18. The zero-order valence-corrected chi connectivity index (χ0v) is 16.7. The molecule has 0 atom stereocenters. The molecule has 136 valence electrons. The first-order chi connectivity index (χ1) is 13.0. The van der Waals surface area contributed by atoms with E-state index in [-0.39, 0.29) is 5.56 Å². The Morgan fingerprint density at radius 2 is 1.93 bits per heavy atom. The van der Waals surface area contributed by atoms with Crippen molar-refractivity contribution in [2.24, 2.45) is 0 Å². The van der Waals surface area contributed by atoms with Crippen molar-refractivity contribution in [1.82, 2.24) is 9.66 Å². The lowest BCUT2D eigenvalue weighted by atomic mass is 10.1. The second kappa shape index (κ2) is 7.21. The van der Waals surface area contributed by atoms with Crippen molar-refractivity contribution in [3.05, 3.63) is 81.0 Å². The third-order valence-corrected chi connectivity index (χ3v) is 6.43. The van der Waals surface area contributed by atoms with Gasteiger partial charge in [-0.15, -0.1) is 11.3 Å². The lowest BCUT2D eigenvalue weighted by Gasteiger charge is -2.09. The molecular formula is C21H19N3OS2. The maximum absolute atomic E-state index is 12.9. The number of thiophene rings is 1. The smallest absolute Gasteiger partial charge is 0.282 e. The highest BCUT2D eigenvalue weighted by Crippen LogP contribution is 2.32. The second-order valence-electron chi connectivity index (χ2n) is 6.48. The lowest BCUT2D eigenvalue weighted by Crippen LogP contribution is -2.29. The van der Waals surface area contributed by atoms with E-state index in [1.54, 1.807) is 0 Å². The van der Waals surface area contributed by atoms with Crippen LogP contribution in [-0.2, 0) is 5.75 Å². The van der Waals surface area contributed by atoms with E-state index in [0.29, 0.717) is 10.5 Å². The zero-order valence-electron chi connectivity index (χ0n) is 15.1. The number of aromatic nitrogens is 2. The Bertz CT molecular complexity index is 1180. The topological polar surface area (TPSA) is 60.9 Å². The van der Waals surface area contributed by atoms with Gasteiger partial charge in [0.15, 0.2) is 5.16 Å². The van der Waals surface area contributed by atoms with Crippen molar-refractivity contribution in [3.8, 4) is 11.1 Å². The molecule has 0 radical (unpaired) electrons. The maximum Gasteiger partial charge on any atom is 0.282 e. The number of aryl methyl sites for hydroxylation is 2. The zero-order chi connectivity index (χ0) is 19.0. The largest absolute Gasteiger partial charge is 0.334 e. The quantitative estimate of drug-likeness (QED) is 0.309. The summed E-state index contributed by atoms with van der Waals surface area (Å²) in [6, 6.07) is 16.2. The summed E-state index contributed by atoms with van der Waals surface area (Å²) in [5, 5.41) is 3.10. The molecule has 0 saturated heterocycles. The number of hydrogen-bond acceptors (Lipinski definition) is 5. The molecule has 0 spiro atoms. The number of nitrogens with two attached hydrogens (primary N) is 1. The van der Waals surface area contributed by atoms with E-state index in [0.717, 1.165) is 21.7 Å². The highest BCUT2D eigenvalue weighted by molar-refractivity contribution is 7.98. The number of thioether (sulfide) groups is 1. The molecule has 27 heavy (non-hydrogen) atoms. The number of rotatable bonds is 4. The van der Waals surface area contributed by atoms with Gasteiger partial charge < -0.3 is 5.84 Å². The molecule has 0 amide bonds. The Morgan fingerprint density at radius 1 is 1.15 bits per heavy atom. The first kappa shape index (κ1) is 17.8. The summed E-state index contributed by atoms with van der Waals surface area (Å²) in [6.07, 6.45) is 0. The molecule has 6 heteroatoms. The molecule has 4 rings (SSSR count). The van der Waals surface area contributed by atoms with Crippen molar-refractivity contribution in [2.75, 3.05) is 5.84 Å².